The fourth-order valence-electron chi connectivity index (χ4n) is 0.587. The normalized spacial score (nSPS) is 12.6. The molecule has 13 heavy (non-hydrogen) atoms. The minimum absolute atomic E-state index is 0.422. The predicted molar refractivity (Wildman–Crippen MR) is 42.9 cm³/mol. The zero-order chi connectivity index (χ0) is 10.4. The Bertz CT molecular complexity index is 189. The third-order valence-electron chi connectivity index (χ3n) is 1.55. The second kappa shape index (κ2) is 5.50. The summed E-state index contributed by atoms with van der Waals surface area (Å²) in [6, 6.07) is -0.797. The molecule has 1 unspecified atom stereocenters. The molecule has 4 N–H and O–H groups in total. The molecule has 76 valence electrons. The van der Waals surface area contributed by atoms with Crippen LogP contribution in [0.2, 0.25) is 0 Å². The van der Waals surface area contributed by atoms with Crippen molar-refractivity contribution in [3.8, 4) is 0 Å². The number of amides is 1. The quantitative estimate of drug-likeness (QED) is 0.383. The molecule has 0 saturated heterocycles. The third-order valence-corrected chi connectivity index (χ3v) is 1.55. The van der Waals surface area contributed by atoms with Gasteiger partial charge in [0.15, 0.2) is 0 Å². The Hall–Kier alpha value is -1.14. The lowest BCUT2D eigenvalue weighted by Gasteiger charge is -2.14. The lowest BCUT2D eigenvalue weighted by molar-refractivity contribution is -0.146. The van der Waals surface area contributed by atoms with Crippen LogP contribution in [0.5, 0.6) is 0 Å². The summed E-state index contributed by atoms with van der Waals surface area (Å²) in [7, 11) is 0. The van der Waals surface area contributed by atoms with E-state index < -0.39 is 37.0 Å². The van der Waals surface area contributed by atoms with Gasteiger partial charge in [0.1, 0.15) is 5.92 Å². The first-order chi connectivity index (χ1) is 6.02. The lowest BCUT2D eigenvalue weighted by Crippen LogP contribution is -2.44. The topological polar surface area (TPSA) is 107 Å². The number of carboxylic acids is 1. The zero-order valence-corrected chi connectivity index (χ0v) is 7.23. The maximum Gasteiger partial charge on any atom is 0.315 e. The van der Waals surface area contributed by atoms with Crippen LogP contribution in [0.3, 0.4) is 0 Å². The molecule has 0 aliphatic carbocycles. The van der Waals surface area contributed by atoms with Crippen LogP contribution in [0.4, 0.5) is 0 Å². The van der Waals surface area contributed by atoms with E-state index >= 15 is 0 Å². The number of aliphatic hydroxyl groups excluding tert-OH is 2. The molecule has 0 fully saturated rings. The number of carboxylic acid groups (broad SMARTS) is 1. The number of aliphatic hydroxyl groups is 2. The van der Waals surface area contributed by atoms with E-state index in [0.29, 0.717) is 0 Å². The van der Waals surface area contributed by atoms with Crippen LogP contribution in [0, 0.1) is 5.92 Å². The maximum atomic E-state index is 11.0. The number of hydrogen-bond donors (Lipinski definition) is 4. The number of hydrogen-bond acceptors (Lipinski definition) is 4. The van der Waals surface area contributed by atoms with Crippen LogP contribution >= 0.6 is 0 Å². The van der Waals surface area contributed by atoms with Crippen LogP contribution in [-0.4, -0.2) is 46.5 Å². The van der Waals surface area contributed by atoms with Crippen LogP contribution in [-0.2, 0) is 9.59 Å². The number of carbonyl (C=O) groups is 2. The number of carbonyl (C=O) groups excluding carboxylic acids is 1. The lowest BCUT2D eigenvalue weighted by atomic mass is 10.1. The summed E-state index contributed by atoms with van der Waals surface area (Å²) in [5.74, 6) is -3.15. The van der Waals surface area contributed by atoms with E-state index in [2.05, 4.69) is 5.32 Å². The summed E-state index contributed by atoms with van der Waals surface area (Å²) >= 11 is 0. The molecule has 0 radical (unpaired) electrons. The average Bonchev–Trinajstić information content (AvgIpc) is 2.12. The monoisotopic (exact) mass is 191 g/mol. The molecule has 0 heterocycles. The summed E-state index contributed by atoms with van der Waals surface area (Å²) in [6.07, 6.45) is 0. The van der Waals surface area contributed by atoms with Gasteiger partial charge in [0.05, 0.1) is 19.3 Å². The summed E-state index contributed by atoms with van der Waals surface area (Å²) in [5.41, 5.74) is 0. The molecule has 0 saturated carbocycles. The summed E-state index contributed by atoms with van der Waals surface area (Å²) in [6.45, 7) is 0.382. The fourth-order valence-corrected chi connectivity index (χ4v) is 0.587. The summed E-state index contributed by atoms with van der Waals surface area (Å²) in [4.78, 5) is 21.3. The van der Waals surface area contributed by atoms with Gasteiger partial charge in [-0.1, -0.05) is 0 Å². The van der Waals surface area contributed by atoms with Gasteiger partial charge in [-0.25, -0.2) is 0 Å². The van der Waals surface area contributed by atoms with Gasteiger partial charge in [0.2, 0.25) is 5.91 Å². The maximum absolute atomic E-state index is 11.0. The largest absolute Gasteiger partial charge is 0.481 e. The van der Waals surface area contributed by atoms with Crippen LogP contribution < -0.4 is 5.32 Å². The van der Waals surface area contributed by atoms with Gasteiger partial charge in [0.25, 0.3) is 0 Å². The second-order valence-electron chi connectivity index (χ2n) is 2.63. The molecule has 1 amide bonds. The van der Waals surface area contributed by atoms with Crippen molar-refractivity contribution in [3.63, 3.8) is 0 Å². The van der Waals surface area contributed by atoms with Crippen LogP contribution in [0.1, 0.15) is 6.92 Å². The van der Waals surface area contributed by atoms with Gasteiger partial charge < -0.3 is 20.6 Å². The standard InChI is InChI=1S/C7H13NO5/c1-4(7(12)13)6(11)8-5(2-9)3-10/h4-5,9-10H,2-3H2,1H3,(H,8,11)(H,12,13). The highest BCUT2D eigenvalue weighted by molar-refractivity contribution is 5.96. The Labute approximate surface area is 75.2 Å². The van der Waals surface area contributed by atoms with Gasteiger partial charge in [-0.15, -0.1) is 0 Å². The smallest absolute Gasteiger partial charge is 0.315 e. The molecule has 0 bridgehead atoms. The molecular weight excluding hydrogens is 178 g/mol. The number of nitrogens with one attached hydrogen (secondary N) is 1. The minimum Gasteiger partial charge on any atom is -0.481 e. The van der Waals surface area contributed by atoms with E-state index in [-0.39, 0.29) is 0 Å². The molecule has 0 aromatic carbocycles. The molecule has 6 nitrogen and oxygen atoms in total. The Morgan fingerprint density at radius 3 is 2.08 bits per heavy atom. The van der Waals surface area contributed by atoms with E-state index in [1.54, 1.807) is 0 Å². The van der Waals surface area contributed by atoms with Crippen molar-refractivity contribution in [2.24, 2.45) is 5.92 Å². The Balaban J connectivity index is 4.05. The SMILES string of the molecule is CC(C(=O)O)C(=O)NC(CO)CO. The average molecular weight is 191 g/mol. The van der Waals surface area contributed by atoms with E-state index in [0.717, 1.165) is 0 Å². The molecule has 6 heteroatoms. The predicted octanol–water partition coefficient (Wildman–Crippen LogP) is -1.82. The van der Waals surface area contributed by atoms with Crippen molar-refractivity contribution >= 4 is 11.9 Å². The van der Waals surface area contributed by atoms with Crippen molar-refractivity contribution in [1.82, 2.24) is 5.32 Å². The third kappa shape index (κ3) is 3.86. The number of aliphatic carboxylic acids is 1. The minimum atomic E-state index is -1.24. The van der Waals surface area contributed by atoms with Gasteiger partial charge in [0, 0.05) is 0 Å². The van der Waals surface area contributed by atoms with Crippen molar-refractivity contribution < 1.29 is 24.9 Å². The van der Waals surface area contributed by atoms with E-state index in [1.165, 1.54) is 6.92 Å². The summed E-state index contributed by atoms with van der Waals surface area (Å²) < 4.78 is 0. The second-order valence-corrected chi connectivity index (χ2v) is 2.63. The van der Waals surface area contributed by atoms with Gasteiger partial charge in [-0.05, 0) is 6.92 Å². The molecule has 0 aromatic heterocycles. The molecule has 0 aliphatic heterocycles. The first kappa shape index (κ1) is 11.9. The van der Waals surface area contributed by atoms with Crippen LogP contribution in [0.15, 0.2) is 0 Å². The van der Waals surface area contributed by atoms with E-state index in [1.807, 2.05) is 0 Å². The van der Waals surface area contributed by atoms with E-state index in [9.17, 15) is 9.59 Å². The van der Waals surface area contributed by atoms with Gasteiger partial charge in [-0.3, -0.25) is 9.59 Å². The fraction of sp³-hybridized carbons (Fsp3) is 0.714. The molecule has 0 aromatic rings. The molecule has 1 atom stereocenters. The van der Waals surface area contributed by atoms with Crippen molar-refractivity contribution in [3.05, 3.63) is 0 Å². The first-order valence-corrected chi connectivity index (χ1v) is 3.77. The van der Waals surface area contributed by atoms with E-state index in [4.69, 9.17) is 15.3 Å². The molecule has 0 spiro atoms. The molecular formula is C7H13NO5. The Kier molecular flexibility index (Phi) is 5.01. The zero-order valence-electron chi connectivity index (χ0n) is 7.23. The highest BCUT2D eigenvalue weighted by atomic mass is 16.4. The highest BCUT2D eigenvalue weighted by Gasteiger charge is 2.22. The Morgan fingerprint density at radius 2 is 1.77 bits per heavy atom. The van der Waals surface area contributed by atoms with Crippen molar-refractivity contribution in [1.29, 1.82) is 0 Å². The first-order valence-electron chi connectivity index (χ1n) is 3.77. The molecule has 0 rings (SSSR count). The highest BCUT2D eigenvalue weighted by Crippen LogP contribution is 1.95. The van der Waals surface area contributed by atoms with Crippen molar-refractivity contribution in [2.45, 2.75) is 13.0 Å². The van der Waals surface area contributed by atoms with Crippen LogP contribution in [0.25, 0.3) is 0 Å². The molecule has 0 aliphatic rings. The van der Waals surface area contributed by atoms with Crippen molar-refractivity contribution in [2.75, 3.05) is 13.2 Å². The van der Waals surface area contributed by atoms with Gasteiger partial charge in [-0.2, -0.15) is 0 Å². The Morgan fingerprint density at radius 1 is 1.31 bits per heavy atom. The van der Waals surface area contributed by atoms with Gasteiger partial charge >= 0.3 is 5.97 Å². The summed E-state index contributed by atoms with van der Waals surface area (Å²) in [5, 5.41) is 27.7. The number of rotatable bonds is 5.